The Morgan fingerprint density at radius 1 is 0.862 bits per heavy atom. The summed E-state index contributed by atoms with van der Waals surface area (Å²) in [6, 6.07) is 22.3. The van der Waals surface area contributed by atoms with Gasteiger partial charge in [-0.05, 0) is 97.9 Å². The number of piperazine rings is 1. The van der Waals surface area contributed by atoms with Crippen molar-refractivity contribution >= 4 is 41.8 Å². The fraction of sp³-hybridized carbons (Fsp3) is 0.544. The predicted octanol–water partition coefficient (Wildman–Crippen LogP) is 8.87. The summed E-state index contributed by atoms with van der Waals surface area (Å²) in [6.45, 7) is 17.8. The first-order valence-corrected chi connectivity index (χ1v) is 30.6. The number of aliphatic hydroxyl groups is 3. The van der Waals surface area contributed by atoms with Crippen LogP contribution in [0.1, 0.15) is 136 Å². The van der Waals surface area contributed by atoms with Gasteiger partial charge in [0.25, 0.3) is 0 Å². The molecular weight excluding hydrogens is 1110 g/mol. The molecular formula is C68H89N3O16. The average molecular weight is 1200 g/mol. The molecule has 0 bridgehead atoms. The van der Waals surface area contributed by atoms with E-state index in [9.17, 15) is 48.9 Å². The van der Waals surface area contributed by atoms with Crippen molar-refractivity contribution in [3.8, 4) is 11.1 Å². The van der Waals surface area contributed by atoms with Gasteiger partial charge >= 0.3 is 30.1 Å². The lowest BCUT2D eigenvalue weighted by Crippen LogP contribution is -2.53. The number of Topliss-reactive ketones (excluding diaryl/α,β-unsaturated/α-hetero) is 1. The number of hydrogen-bond donors (Lipinski definition) is 4. The zero-order valence-electron chi connectivity index (χ0n) is 52.0. The normalized spacial score (nSPS) is 25.0. The number of rotatable bonds is 22. The van der Waals surface area contributed by atoms with Gasteiger partial charge in [-0.2, -0.15) is 0 Å². The third kappa shape index (κ3) is 18.4. The van der Waals surface area contributed by atoms with Gasteiger partial charge in [-0.15, -0.1) is 0 Å². The van der Waals surface area contributed by atoms with Crippen molar-refractivity contribution in [3.63, 3.8) is 0 Å². The average Bonchev–Trinajstić information content (AvgIpc) is 1.73. The predicted molar refractivity (Wildman–Crippen MR) is 324 cm³/mol. The maximum atomic E-state index is 14.0. The van der Waals surface area contributed by atoms with Gasteiger partial charge < -0.3 is 58.9 Å². The second-order valence-electron chi connectivity index (χ2n) is 24.8. The van der Waals surface area contributed by atoms with Gasteiger partial charge in [0.05, 0.1) is 54.8 Å². The molecule has 0 unspecified atom stereocenters. The molecule has 472 valence electrons. The van der Waals surface area contributed by atoms with Gasteiger partial charge in [0.15, 0.2) is 11.9 Å². The summed E-state index contributed by atoms with van der Waals surface area (Å²) in [5.41, 5.74) is 3.69. The molecule has 3 aromatic carbocycles. The molecule has 3 amide bonds. The summed E-state index contributed by atoms with van der Waals surface area (Å²) in [5.74, 6) is -4.02. The number of esters is 3. The molecule has 87 heavy (non-hydrogen) atoms. The molecule has 7 rings (SSSR count). The fourth-order valence-electron chi connectivity index (χ4n) is 11.7. The van der Waals surface area contributed by atoms with Crippen molar-refractivity contribution in [2.75, 3.05) is 32.8 Å². The minimum absolute atomic E-state index is 0.00304. The molecule has 0 radical (unpaired) electrons. The summed E-state index contributed by atoms with van der Waals surface area (Å²) in [6.07, 6.45) is 3.48. The van der Waals surface area contributed by atoms with Crippen LogP contribution in [0.3, 0.4) is 0 Å². The number of carbonyl (C=O) groups excluding carboxylic acids is 7. The van der Waals surface area contributed by atoms with Gasteiger partial charge in [0, 0.05) is 63.7 Å². The van der Waals surface area contributed by atoms with Crippen LogP contribution in [0, 0.1) is 23.7 Å². The molecule has 0 spiro atoms. The third-order valence-electron chi connectivity index (χ3n) is 17.3. The molecule has 1 aliphatic carbocycles. The van der Waals surface area contributed by atoms with E-state index in [1.54, 1.807) is 89.3 Å². The van der Waals surface area contributed by atoms with Gasteiger partial charge in [0.1, 0.15) is 24.9 Å². The summed E-state index contributed by atoms with van der Waals surface area (Å²) in [5, 5.41) is 35.3. The Kier molecular flexibility index (Phi) is 23.3. The summed E-state index contributed by atoms with van der Waals surface area (Å²) < 4.78 is 35.2. The van der Waals surface area contributed by atoms with Gasteiger partial charge in [-0.25, -0.2) is 9.59 Å². The number of benzene rings is 3. The molecule has 0 saturated carbocycles. The first-order valence-electron chi connectivity index (χ1n) is 30.6. The number of epoxide rings is 1. The van der Waals surface area contributed by atoms with Crippen molar-refractivity contribution in [1.82, 2.24) is 15.1 Å². The first-order chi connectivity index (χ1) is 41.3. The maximum Gasteiger partial charge on any atom is 0.410 e. The van der Waals surface area contributed by atoms with Crippen LogP contribution in [0.4, 0.5) is 9.59 Å². The molecule has 3 aliphatic heterocycles. The zero-order chi connectivity index (χ0) is 63.3. The topological polar surface area (TPSA) is 257 Å². The summed E-state index contributed by atoms with van der Waals surface area (Å²) in [7, 11) is 0. The Bertz CT molecular complexity index is 2950. The van der Waals surface area contributed by atoms with Crippen LogP contribution >= 0.6 is 0 Å². The van der Waals surface area contributed by atoms with Crippen LogP contribution in [-0.2, 0) is 65.4 Å². The quantitative estimate of drug-likeness (QED) is 0.0241. The van der Waals surface area contributed by atoms with Crippen LogP contribution in [0.5, 0.6) is 0 Å². The Balaban J connectivity index is 0.877. The number of aliphatic hydroxyl groups excluding tert-OH is 2. The summed E-state index contributed by atoms with van der Waals surface area (Å²) in [4.78, 5) is 96.1. The first kappa shape index (κ1) is 67.3. The smallest absolute Gasteiger partial charge is 0.410 e. The lowest BCUT2D eigenvalue weighted by Gasteiger charge is -2.38. The van der Waals surface area contributed by atoms with Crippen molar-refractivity contribution in [2.45, 2.75) is 181 Å². The van der Waals surface area contributed by atoms with Crippen LogP contribution < -0.4 is 5.32 Å². The zero-order valence-corrected chi connectivity index (χ0v) is 52.0. The minimum atomic E-state index is -1.47. The Labute approximate surface area is 511 Å². The third-order valence-corrected chi connectivity index (χ3v) is 17.3. The fourth-order valence-corrected chi connectivity index (χ4v) is 11.7. The van der Waals surface area contributed by atoms with E-state index >= 15 is 0 Å². The molecule has 2 saturated heterocycles. The second kappa shape index (κ2) is 30.1. The molecule has 4 aliphatic rings. The van der Waals surface area contributed by atoms with Gasteiger partial charge in [-0.3, -0.25) is 24.0 Å². The second-order valence-corrected chi connectivity index (χ2v) is 24.8. The summed E-state index contributed by atoms with van der Waals surface area (Å²) >= 11 is 0. The number of nitrogens with one attached hydrogen (secondary N) is 1. The molecule has 2 fully saturated rings. The molecule has 0 aromatic heterocycles. The number of allylic oxidation sites excluding steroid dienone is 2. The van der Waals surface area contributed by atoms with E-state index in [-0.39, 0.29) is 107 Å². The van der Waals surface area contributed by atoms with E-state index in [1.807, 2.05) is 64.1 Å². The Morgan fingerprint density at radius 2 is 1.47 bits per heavy atom. The van der Waals surface area contributed by atoms with E-state index in [0.29, 0.717) is 29.5 Å². The molecule has 19 nitrogen and oxygen atoms in total. The van der Waals surface area contributed by atoms with Crippen molar-refractivity contribution in [2.24, 2.45) is 23.7 Å². The number of hydrogen-bond acceptors (Lipinski definition) is 16. The number of amides is 3. The number of ether oxygens (including phenoxy) is 6. The largest absolute Gasteiger partial charge is 0.465 e. The number of carbonyl (C=O) groups is 7. The highest BCUT2D eigenvalue weighted by Gasteiger charge is 2.47. The highest BCUT2D eigenvalue weighted by molar-refractivity contribution is 5.92. The monoisotopic (exact) mass is 1200 g/mol. The van der Waals surface area contributed by atoms with Gasteiger partial charge in [-0.1, -0.05) is 132 Å². The van der Waals surface area contributed by atoms with Gasteiger partial charge in [0.2, 0.25) is 5.91 Å². The number of nitrogens with zero attached hydrogens (tertiary/aromatic N) is 2. The van der Waals surface area contributed by atoms with Crippen LogP contribution in [0.25, 0.3) is 11.1 Å². The van der Waals surface area contributed by atoms with Crippen LogP contribution in [-0.4, -0.2) is 154 Å². The molecule has 12 atom stereocenters. The Morgan fingerprint density at radius 3 is 2.08 bits per heavy atom. The molecule has 3 heterocycles. The molecule has 19 heteroatoms. The van der Waals surface area contributed by atoms with E-state index in [1.165, 1.54) is 16.7 Å². The van der Waals surface area contributed by atoms with Crippen molar-refractivity contribution in [1.29, 1.82) is 0 Å². The highest BCUT2D eigenvalue weighted by atomic mass is 16.6. The maximum absolute atomic E-state index is 14.0. The van der Waals surface area contributed by atoms with E-state index < -0.39 is 89.5 Å². The lowest BCUT2D eigenvalue weighted by molar-refractivity contribution is -0.168. The SMILES string of the molecule is CC[C@H](O)[C@@H](C)[C@H]1O[C@@H]1C[C@@](C)(O)/C=C/C=C(\C)[C@H]1OC(=O)C[C@H](O)CC[C@@](C)(OC(C)=O)[C@@H](OC(=O)N2CCN(C(=O)OCc3ccc(CC(=O)[C@H](C)NC(=O)[C@@H](CC(=O)OCC4c5ccccc5-c5ccccc54)C(C)C)cc3)CC2)/C=C/[C@@H]1C. The number of cyclic esters (lactones) is 1. The number of ketones is 1. The lowest BCUT2D eigenvalue weighted by atomic mass is 9.88. The van der Waals surface area contributed by atoms with Crippen LogP contribution in [0.2, 0.25) is 0 Å². The van der Waals surface area contributed by atoms with E-state index in [2.05, 4.69) is 17.4 Å². The number of fused-ring (bicyclic) bond motifs is 3. The Hall–Kier alpha value is -7.19. The van der Waals surface area contributed by atoms with Crippen molar-refractivity contribution < 1.29 is 77.3 Å². The molecule has 3 aromatic rings. The van der Waals surface area contributed by atoms with E-state index in [0.717, 1.165) is 22.3 Å². The minimum Gasteiger partial charge on any atom is -0.465 e. The van der Waals surface area contributed by atoms with E-state index in [4.69, 9.17) is 28.4 Å². The van der Waals surface area contributed by atoms with Crippen LogP contribution in [0.15, 0.2) is 109 Å². The standard InChI is InChI=1S/C68H89N3O16/c1-11-56(74)44(6)63-58(84-63)38-67(9,81)29-16-17-42(4)62-43(5)22-27-59(68(10,87-46(8)72)30-28-49(73)36-61(77)86-62)85-66(80)71-33-31-70(32-34-71)65(79)83-39-48-25-23-47(24-26-48)35-57(75)45(7)69-64(78)54(41(2)3)37-60(76)82-40-55-52-20-14-12-18-50(52)51-19-13-15-21-53(51)55/h12-27,29,41,43-45,49,54-56,58-59,62-63,73-74,81H,11,28,30-40H2,1-10H3,(H,69,78)/b27-22+,29-16+,42-17+/t43-,44+,45-,49+,54-,56-,58+,59-,62+,63+,67-,68+/m0/s1. The van der Waals surface area contributed by atoms with Crippen molar-refractivity contribution in [3.05, 3.63) is 131 Å². The molecule has 4 N–H and O–H groups in total. The highest BCUT2D eigenvalue weighted by Crippen LogP contribution is 2.45.